The molecule has 0 aliphatic carbocycles. The summed E-state index contributed by atoms with van der Waals surface area (Å²) in [4.78, 5) is 22.6. The molecule has 0 saturated carbocycles. The smallest absolute Gasteiger partial charge is 0.339 e. The predicted octanol–water partition coefficient (Wildman–Crippen LogP) is 0.844. The molecule has 1 atom stereocenters. The Morgan fingerprint density at radius 2 is 1.82 bits per heavy atom. The molecule has 0 unspecified atom stereocenters. The van der Waals surface area contributed by atoms with E-state index in [2.05, 4.69) is 14.2 Å². The van der Waals surface area contributed by atoms with Crippen LogP contribution in [0.2, 0.25) is 0 Å². The zero-order chi connectivity index (χ0) is 16.8. The van der Waals surface area contributed by atoms with Gasteiger partial charge in [0.05, 0.1) is 12.7 Å². The van der Waals surface area contributed by atoms with Crippen LogP contribution in [0.1, 0.15) is 29.8 Å². The van der Waals surface area contributed by atoms with E-state index in [1.165, 1.54) is 19.1 Å². The third kappa shape index (κ3) is 6.23. The van der Waals surface area contributed by atoms with Crippen LogP contribution >= 0.6 is 0 Å². The van der Waals surface area contributed by atoms with Gasteiger partial charge in [-0.25, -0.2) is 4.79 Å². The van der Waals surface area contributed by atoms with Crippen LogP contribution in [0.3, 0.4) is 0 Å². The van der Waals surface area contributed by atoms with Crippen LogP contribution in [0.5, 0.6) is 0 Å². The Morgan fingerprint density at radius 1 is 1.23 bits per heavy atom. The van der Waals surface area contributed by atoms with Gasteiger partial charge in [0.2, 0.25) is 11.8 Å². The van der Waals surface area contributed by atoms with E-state index in [0.29, 0.717) is 6.42 Å². The fourth-order valence-corrected chi connectivity index (χ4v) is 2.13. The summed E-state index contributed by atoms with van der Waals surface area (Å²) in [5, 5.41) is 2.76. The van der Waals surface area contributed by atoms with E-state index in [1.807, 2.05) is 6.92 Å². The molecule has 0 aromatic heterocycles. The van der Waals surface area contributed by atoms with E-state index >= 15 is 0 Å². The van der Waals surface area contributed by atoms with Gasteiger partial charge in [0.25, 0.3) is 0 Å². The lowest BCUT2D eigenvalue weighted by Crippen LogP contribution is -2.32. The van der Waals surface area contributed by atoms with E-state index in [-0.39, 0.29) is 17.5 Å². The third-order valence-corrected chi connectivity index (χ3v) is 3.68. The summed E-state index contributed by atoms with van der Waals surface area (Å²) in [7, 11) is -2.85. The third-order valence-electron chi connectivity index (χ3n) is 2.77. The molecule has 0 radical (unpaired) electrons. The van der Waals surface area contributed by atoms with Crippen molar-refractivity contribution in [2.75, 3.05) is 13.0 Å². The maximum Gasteiger partial charge on any atom is 0.339 e. The normalized spacial score (nSPS) is 12.5. The topological polar surface area (TPSA) is 98.8 Å². The maximum absolute atomic E-state index is 11.7. The van der Waals surface area contributed by atoms with Gasteiger partial charge in [0.1, 0.15) is 0 Å². The fourth-order valence-electron chi connectivity index (χ4n) is 1.79. The number of amides is 1. The van der Waals surface area contributed by atoms with Gasteiger partial charge < -0.3 is 10.1 Å². The van der Waals surface area contributed by atoms with Gasteiger partial charge >= 0.3 is 16.1 Å². The number of hydrogen-bond acceptors (Lipinski definition) is 6. The Bertz CT molecular complexity index is 623. The zero-order valence-electron chi connectivity index (χ0n) is 12.7. The van der Waals surface area contributed by atoms with Gasteiger partial charge in [0, 0.05) is 13.0 Å². The minimum absolute atomic E-state index is 0.0258. The Balaban J connectivity index is 2.61. The molecular weight excluding hydrogens is 310 g/mol. The molecule has 0 aliphatic heterocycles. The lowest BCUT2D eigenvalue weighted by atomic mass is 10.1. The maximum atomic E-state index is 11.7. The number of esters is 1. The highest BCUT2D eigenvalue weighted by Gasteiger charge is 2.14. The number of rotatable bonds is 7. The van der Waals surface area contributed by atoms with Crippen molar-refractivity contribution in [2.45, 2.75) is 26.3 Å². The molecule has 0 fully saturated rings. The molecule has 7 nitrogen and oxygen atoms in total. The highest BCUT2D eigenvalue weighted by atomic mass is 32.2. The molecule has 1 rings (SSSR count). The lowest BCUT2D eigenvalue weighted by Gasteiger charge is -2.12. The first-order valence-corrected chi connectivity index (χ1v) is 8.12. The summed E-state index contributed by atoms with van der Waals surface area (Å²) < 4.78 is 31.0. The molecule has 1 aromatic rings. The molecule has 0 bridgehead atoms. The largest absolute Gasteiger partial charge is 0.443 e. The van der Waals surface area contributed by atoms with Gasteiger partial charge in [-0.15, -0.1) is 0 Å². The fraction of sp³-hybridized carbons (Fsp3) is 0.429. The molecule has 0 heterocycles. The van der Waals surface area contributed by atoms with Crippen LogP contribution in [-0.2, 0) is 30.3 Å². The van der Waals surface area contributed by atoms with Crippen LogP contribution in [0.4, 0.5) is 0 Å². The predicted molar refractivity (Wildman–Crippen MR) is 79.6 cm³/mol. The summed E-state index contributed by atoms with van der Waals surface area (Å²) in [5.74, 6) is -1.68. The molecule has 1 aromatic carbocycles. The first-order valence-electron chi connectivity index (χ1n) is 6.55. The highest BCUT2D eigenvalue weighted by Crippen LogP contribution is 2.09. The molecule has 122 valence electrons. The Kier molecular flexibility index (Phi) is 6.51. The number of carbonyl (C=O) groups is 2. The summed E-state index contributed by atoms with van der Waals surface area (Å²) in [6, 6.07) is 6.50. The van der Waals surface area contributed by atoms with Crippen molar-refractivity contribution in [2.24, 2.45) is 0 Å². The molecular formula is C14H19NO6S. The second-order valence-electron chi connectivity index (χ2n) is 4.78. The van der Waals surface area contributed by atoms with Crippen molar-refractivity contribution in [3.63, 3.8) is 0 Å². The summed E-state index contributed by atoms with van der Waals surface area (Å²) >= 11 is 0. The van der Waals surface area contributed by atoms with Crippen molar-refractivity contribution < 1.29 is 26.9 Å². The Labute approximate surface area is 129 Å². The average Bonchev–Trinajstić information content (AvgIpc) is 2.44. The number of hydrogen-bond donors (Lipinski definition) is 1. The van der Waals surface area contributed by atoms with Gasteiger partial charge in [0.15, 0.2) is 0 Å². The standard InChI is InChI=1S/C14H19NO6S/c1-10(15-11(2)16)8-12-4-6-13(7-5-12)14(17)21-9-22(18,19)20-3/h4-7,10H,8-9H2,1-3H3,(H,15,16)/t10-/m1/s1. The van der Waals surface area contributed by atoms with Crippen LogP contribution in [0.25, 0.3) is 0 Å². The van der Waals surface area contributed by atoms with Crippen LogP contribution in [-0.4, -0.2) is 39.4 Å². The quantitative estimate of drug-likeness (QED) is 0.588. The van der Waals surface area contributed by atoms with Crippen LogP contribution in [0.15, 0.2) is 24.3 Å². The van der Waals surface area contributed by atoms with Crippen LogP contribution < -0.4 is 5.32 Å². The number of carbonyl (C=O) groups excluding carboxylic acids is 2. The van der Waals surface area contributed by atoms with Crippen molar-refractivity contribution in [3.05, 3.63) is 35.4 Å². The second kappa shape index (κ2) is 7.90. The van der Waals surface area contributed by atoms with E-state index in [1.54, 1.807) is 12.1 Å². The second-order valence-corrected chi connectivity index (χ2v) is 6.46. The van der Waals surface area contributed by atoms with Gasteiger partial charge in [-0.3, -0.25) is 8.98 Å². The van der Waals surface area contributed by atoms with Crippen LogP contribution in [0, 0.1) is 0 Å². The first kappa shape index (κ1) is 18.1. The first-order chi connectivity index (χ1) is 10.2. The van der Waals surface area contributed by atoms with Crippen molar-refractivity contribution >= 4 is 22.0 Å². The monoisotopic (exact) mass is 329 g/mol. The molecule has 1 N–H and O–H groups in total. The highest BCUT2D eigenvalue weighted by molar-refractivity contribution is 7.86. The minimum Gasteiger partial charge on any atom is -0.443 e. The van der Waals surface area contributed by atoms with E-state index < -0.39 is 22.0 Å². The number of benzene rings is 1. The van der Waals surface area contributed by atoms with E-state index in [9.17, 15) is 18.0 Å². The van der Waals surface area contributed by atoms with E-state index in [0.717, 1.165) is 12.7 Å². The molecule has 8 heteroatoms. The van der Waals surface area contributed by atoms with Gasteiger partial charge in [-0.2, -0.15) is 8.42 Å². The molecule has 0 saturated heterocycles. The minimum atomic E-state index is -3.84. The zero-order valence-corrected chi connectivity index (χ0v) is 13.5. The number of ether oxygens (including phenoxy) is 1. The molecule has 22 heavy (non-hydrogen) atoms. The van der Waals surface area contributed by atoms with E-state index in [4.69, 9.17) is 0 Å². The van der Waals surface area contributed by atoms with Crippen molar-refractivity contribution in [1.82, 2.24) is 5.32 Å². The molecule has 1 amide bonds. The number of nitrogens with one attached hydrogen (secondary N) is 1. The molecule has 0 spiro atoms. The summed E-state index contributed by atoms with van der Waals surface area (Å²) in [6.45, 7) is 3.32. The summed E-state index contributed by atoms with van der Waals surface area (Å²) in [6.07, 6.45) is 0.618. The SMILES string of the molecule is COS(=O)(=O)COC(=O)c1ccc(C[C@@H](C)NC(C)=O)cc1. The van der Waals surface area contributed by atoms with Crippen molar-refractivity contribution in [1.29, 1.82) is 0 Å². The Hall–Kier alpha value is -1.93. The lowest BCUT2D eigenvalue weighted by molar-refractivity contribution is -0.119. The average molecular weight is 329 g/mol. The van der Waals surface area contributed by atoms with Gasteiger partial charge in [-0.1, -0.05) is 12.1 Å². The summed E-state index contributed by atoms with van der Waals surface area (Å²) in [5.41, 5.74) is 1.17. The van der Waals surface area contributed by atoms with Gasteiger partial charge in [-0.05, 0) is 31.0 Å². The Morgan fingerprint density at radius 3 is 2.32 bits per heavy atom. The van der Waals surface area contributed by atoms with Crippen molar-refractivity contribution in [3.8, 4) is 0 Å². The molecule has 0 aliphatic rings.